The second-order valence-corrected chi connectivity index (χ2v) is 6.59. The van der Waals surface area contributed by atoms with Crippen molar-refractivity contribution in [2.24, 2.45) is 0 Å². The van der Waals surface area contributed by atoms with Crippen LogP contribution < -0.4 is 10.9 Å². The third-order valence-corrected chi connectivity index (χ3v) is 4.59. The second kappa shape index (κ2) is 8.82. The van der Waals surface area contributed by atoms with Crippen molar-refractivity contribution in [1.82, 2.24) is 9.88 Å². The van der Waals surface area contributed by atoms with Crippen LogP contribution in [0, 0.1) is 5.82 Å². The first-order valence-electron chi connectivity index (χ1n) is 8.65. The first kappa shape index (κ1) is 19.8. The van der Waals surface area contributed by atoms with E-state index in [9.17, 15) is 19.1 Å². The van der Waals surface area contributed by atoms with Crippen LogP contribution in [0.4, 0.5) is 4.39 Å². The summed E-state index contributed by atoms with van der Waals surface area (Å²) in [6.45, 7) is 0.223. The van der Waals surface area contributed by atoms with Crippen LogP contribution in [-0.4, -0.2) is 22.1 Å². The molecule has 0 fully saturated rings. The first-order valence-corrected chi connectivity index (χ1v) is 9.03. The summed E-state index contributed by atoms with van der Waals surface area (Å²) in [6, 6.07) is 15.1. The highest BCUT2D eigenvalue weighted by Crippen LogP contribution is 2.24. The Labute approximate surface area is 166 Å². The first-order chi connectivity index (χ1) is 13.5. The molecule has 0 aliphatic rings. The summed E-state index contributed by atoms with van der Waals surface area (Å²) >= 11 is 6.05. The minimum absolute atomic E-state index is 0.223. The fourth-order valence-electron chi connectivity index (χ4n) is 2.75. The molecule has 1 atom stereocenters. The van der Waals surface area contributed by atoms with Crippen molar-refractivity contribution in [3.63, 3.8) is 0 Å². The Hall–Kier alpha value is -2.96. The monoisotopic (exact) mass is 400 g/mol. The Balaban J connectivity index is 1.66. The topological polar surface area (TPSA) is 71.3 Å². The van der Waals surface area contributed by atoms with Gasteiger partial charge in [-0.05, 0) is 48.4 Å². The zero-order valence-electron chi connectivity index (χ0n) is 14.8. The van der Waals surface area contributed by atoms with E-state index in [1.165, 1.54) is 47.2 Å². The van der Waals surface area contributed by atoms with Crippen LogP contribution in [0.25, 0.3) is 5.69 Å². The highest BCUT2D eigenvalue weighted by atomic mass is 35.5. The molecule has 0 aliphatic carbocycles. The summed E-state index contributed by atoms with van der Waals surface area (Å²) in [4.78, 5) is 24.4. The molecule has 0 bridgehead atoms. The van der Waals surface area contributed by atoms with Crippen LogP contribution in [0.3, 0.4) is 0 Å². The predicted octanol–water partition coefficient (Wildman–Crippen LogP) is 3.48. The number of hydrogen-bond acceptors (Lipinski definition) is 3. The SMILES string of the molecule is O=C(NCCC(O)c1ccccc1Cl)c1ccc(=O)n(-c2ccc(F)cc2)c1. The van der Waals surface area contributed by atoms with Gasteiger partial charge in [0, 0.05) is 29.5 Å². The number of rotatable bonds is 6. The minimum atomic E-state index is -0.804. The van der Waals surface area contributed by atoms with Crippen LogP contribution >= 0.6 is 11.6 Å². The number of carbonyl (C=O) groups excluding carboxylic acids is 1. The van der Waals surface area contributed by atoms with Gasteiger partial charge < -0.3 is 10.4 Å². The van der Waals surface area contributed by atoms with Crippen molar-refractivity contribution in [3.05, 3.63) is 99.2 Å². The van der Waals surface area contributed by atoms with E-state index in [4.69, 9.17) is 11.6 Å². The summed E-state index contributed by atoms with van der Waals surface area (Å²) in [7, 11) is 0. The van der Waals surface area contributed by atoms with Crippen LogP contribution in [-0.2, 0) is 0 Å². The van der Waals surface area contributed by atoms with Crippen LogP contribution in [0.1, 0.15) is 28.4 Å². The van der Waals surface area contributed by atoms with E-state index in [1.807, 2.05) is 0 Å². The van der Waals surface area contributed by atoms with Crippen LogP contribution in [0.15, 0.2) is 71.7 Å². The number of aliphatic hydroxyl groups excluding tert-OH is 1. The van der Waals surface area contributed by atoms with E-state index in [2.05, 4.69) is 5.32 Å². The number of pyridine rings is 1. The van der Waals surface area contributed by atoms with Gasteiger partial charge in [-0.2, -0.15) is 0 Å². The highest BCUT2D eigenvalue weighted by molar-refractivity contribution is 6.31. The largest absolute Gasteiger partial charge is 0.388 e. The molecule has 0 saturated heterocycles. The average Bonchev–Trinajstić information content (AvgIpc) is 2.69. The van der Waals surface area contributed by atoms with E-state index < -0.39 is 11.9 Å². The standard InChI is InChI=1S/C21H18ClFN2O3/c22-18-4-2-1-3-17(18)19(26)11-12-24-21(28)14-5-10-20(27)25(13-14)16-8-6-15(23)7-9-16/h1-10,13,19,26H,11-12H2,(H,24,28). The molecule has 3 rings (SSSR count). The molecule has 2 aromatic carbocycles. The summed E-state index contributed by atoms with van der Waals surface area (Å²) in [6.07, 6.45) is 0.879. The molecule has 1 unspecified atom stereocenters. The zero-order valence-corrected chi connectivity index (χ0v) is 15.6. The Morgan fingerprint density at radius 2 is 1.82 bits per heavy atom. The minimum Gasteiger partial charge on any atom is -0.388 e. The number of aromatic nitrogens is 1. The number of amides is 1. The van der Waals surface area contributed by atoms with E-state index >= 15 is 0 Å². The molecule has 0 saturated carbocycles. The maximum Gasteiger partial charge on any atom is 0.255 e. The normalized spacial score (nSPS) is 11.8. The lowest BCUT2D eigenvalue weighted by Gasteiger charge is -2.13. The number of benzene rings is 2. The molecule has 1 amide bonds. The van der Waals surface area contributed by atoms with Crippen LogP contribution in [0.2, 0.25) is 5.02 Å². The fraction of sp³-hybridized carbons (Fsp3) is 0.143. The van der Waals surface area contributed by atoms with E-state index in [0.29, 0.717) is 16.3 Å². The second-order valence-electron chi connectivity index (χ2n) is 6.18. The van der Waals surface area contributed by atoms with Gasteiger partial charge in [0.25, 0.3) is 11.5 Å². The van der Waals surface area contributed by atoms with E-state index in [0.717, 1.165) is 0 Å². The van der Waals surface area contributed by atoms with Crippen molar-refractivity contribution in [2.45, 2.75) is 12.5 Å². The molecule has 0 aliphatic heterocycles. The predicted molar refractivity (Wildman–Crippen MR) is 105 cm³/mol. The smallest absolute Gasteiger partial charge is 0.255 e. The number of aliphatic hydroxyl groups is 1. The number of nitrogens with zero attached hydrogens (tertiary/aromatic N) is 1. The molecule has 0 radical (unpaired) electrons. The molecule has 144 valence electrons. The average molecular weight is 401 g/mol. The van der Waals surface area contributed by atoms with Gasteiger partial charge >= 0.3 is 0 Å². The van der Waals surface area contributed by atoms with Crippen molar-refractivity contribution in [2.75, 3.05) is 6.54 Å². The Bertz CT molecular complexity index is 1030. The summed E-state index contributed by atoms with van der Waals surface area (Å²) in [5.41, 5.74) is 0.993. The van der Waals surface area contributed by atoms with Crippen molar-refractivity contribution in [1.29, 1.82) is 0 Å². The number of halogens is 2. The van der Waals surface area contributed by atoms with Crippen LogP contribution in [0.5, 0.6) is 0 Å². The Kier molecular flexibility index (Phi) is 6.23. The molecule has 2 N–H and O–H groups in total. The van der Waals surface area contributed by atoms with Gasteiger partial charge in [0.15, 0.2) is 0 Å². The lowest BCUT2D eigenvalue weighted by Crippen LogP contribution is -2.27. The molecule has 0 spiro atoms. The lowest BCUT2D eigenvalue weighted by atomic mass is 10.1. The van der Waals surface area contributed by atoms with Gasteiger partial charge in [0.1, 0.15) is 5.82 Å². The molecule has 1 heterocycles. The highest BCUT2D eigenvalue weighted by Gasteiger charge is 2.13. The maximum absolute atomic E-state index is 13.1. The van der Waals surface area contributed by atoms with Crippen molar-refractivity contribution in [3.8, 4) is 5.69 Å². The van der Waals surface area contributed by atoms with Gasteiger partial charge in [-0.3, -0.25) is 14.2 Å². The quantitative estimate of drug-likeness (QED) is 0.665. The Morgan fingerprint density at radius 3 is 2.54 bits per heavy atom. The zero-order chi connectivity index (χ0) is 20.1. The number of carbonyl (C=O) groups is 1. The summed E-state index contributed by atoms with van der Waals surface area (Å²) in [5.74, 6) is -0.801. The van der Waals surface area contributed by atoms with Gasteiger partial charge in [-0.15, -0.1) is 0 Å². The molecule has 5 nitrogen and oxygen atoms in total. The maximum atomic E-state index is 13.1. The van der Waals surface area contributed by atoms with Gasteiger partial charge in [-0.1, -0.05) is 29.8 Å². The molecule has 3 aromatic rings. The molecule has 28 heavy (non-hydrogen) atoms. The summed E-state index contributed by atoms with van der Waals surface area (Å²) in [5, 5.41) is 13.4. The Morgan fingerprint density at radius 1 is 1.11 bits per heavy atom. The fourth-order valence-corrected chi connectivity index (χ4v) is 3.01. The lowest BCUT2D eigenvalue weighted by molar-refractivity contribution is 0.0942. The van der Waals surface area contributed by atoms with Gasteiger partial charge in [0.05, 0.1) is 11.7 Å². The molecule has 1 aromatic heterocycles. The summed E-state index contributed by atoms with van der Waals surface area (Å²) < 4.78 is 14.4. The number of nitrogens with one attached hydrogen (secondary N) is 1. The van der Waals surface area contributed by atoms with Gasteiger partial charge in [0.2, 0.25) is 0 Å². The van der Waals surface area contributed by atoms with Gasteiger partial charge in [-0.25, -0.2) is 4.39 Å². The van der Waals surface area contributed by atoms with E-state index in [1.54, 1.807) is 24.3 Å². The third kappa shape index (κ3) is 4.65. The van der Waals surface area contributed by atoms with Crippen molar-refractivity contribution < 1.29 is 14.3 Å². The van der Waals surface area contributed by atoms with E-state index in [-0.39, 0.29) is 30.0 Å². The molecular weight excluding hydrogens is 383 g/mol. The molecule has 7 heteroatoms. The number of hydrogen-bond donors (Lipinski definition) is 2. The van der Waals surface area contributed by atoms with Crippen molar-refractivity contribution >= 4 is 17.5 Å². The third-order valence-electron chi connectivity index (χ3n) is 4.25. The molecular formula is C21H18ClFN2O3.